The lowest BCUT2D eigenvalue weighted by atomic mass is 10.2. The van der Waals surface area contributed by atoms with Gasteiger partial charge in [0.25, 0.3) is 5.91 Å². The first-order valence-electron chi connectivity index (χ1n) is 5.15. The fourth-order valence-electron chi connectivity index (χ4n) is 1.43. The molecule has 0 aromatic carbocycles. The summed E-state index contributed by atoms with van der Waals surface area (Å²) in [7, 11) is 1.79. The van der Waals surface area contributed by atoms with Crippen molar-refractivity contribution in [1.82, 2.24) is 14.7 Å². The van der Waals surface area contributed by atoms with Crippen molar-refractivity contribution < 1.29 is 4.79 Å². The normalized spacial score (nSPS) is 10.2. The molecule has 0 fully saturated rings. The number of nitriles is 1. The molecule has 86 valence electrons. The van der Waals surface area contributed by atoms with Crippen LogP contribution in [0.4, 0.5) is 0 Å². The Morgan fingerprint density at radius 3 is 2.69 bits per heavy atom. The average molecular weight is 220 g/mol. The lowest BCUT2D eigenvalue weighted by molar-refractivity contribution is 0.0730. The van der Waals surface area contributed by atoms with Crippen molar-refractivity contribution in [2.24, 2.45) is 7.05 Å². The lowest BCUT2D eigenvalue weighted by Gasteiger charge is -2.23. The zero-order valence-electron chi connectivity index (χ0n) is 10.1. The molecule has 0 saturated heterocycles. The maximum Gasteiger partial charge on any atom is 0.258 e. The van der Waals surface area contributed by atoms with Crippen molar-refractivity contribution in [1.29, 1.82) is 5.26 Å². The Kier molecular flexibility index (Phi) is 3.67. The van der Waals surface area contributed by atoms with Crippen LogP contribution in [-0.2, 0) is 7.05 Å². The van der Waals surface area contributed by atoms with Gasteiger partial charge in [-0.05, 0) is 20.8 Å². The van der Waals surface area contributed by atoms with Gasteiger partial charge >= 0.3 is 0 Å². The molecular formula is C11H16N4O. The van der Waals surface area contributed by atoms with Crippen molar-refractivity contribution in [3.63, 3.8) is 0 Å². The summed E-state index contributed by atoms with van der Waals surface area (Å²) in [5.41, 5.74) is 1.38. The molecule has 0 saturated carbocycles. The Morgan fingerprint density at radius 2 is 2.31 bits per heavy atom. The third kappa shape index (κ3) is 2.22. The molecule has 1 aromatic heterocycles. The Labute approximate surface area is 95.3 Å². The molecule has 0 radical (unpaired) electrons. The smallest absolute Gasteiger partial charge is 0.258 e. The predicted octanol–water partition coefficient (Wildman–Crippen LogP) is 1.10. The third-order valence-electron chi connectivity index (χ3n) is 2.59. The highest BCUT2D eigenvalue weighted by Crippen LogP contribution is 2.11. The van der Waals surface area contributed by atoms with Crippen LogP contribution in [0.2, 0.25) is 0 Å². The summed E-state index contributed by atoms with van der Waals surface area (Å²) < 4.78 is 1.65. The van der Waals surface area contributed by atoms with Crippen molar-refractivity contribution in [2.45, 2.75) is 26.8 Å². The zero-order valence-corrected chi connectivity index (χ0v) is 10.1. The van der Waals surface area contributed by atoms with Gasteiger partial charge < -0.3 is 4.90 Å². The van der Waals surface area contributed by atoms with E-state index in [2.05, 4.69) is 5.10 Å². The van der Waals surface area contributed by atoms with E-state index in [1.54, 1.807) is 17.9 Å². The summed E-state index contributed by atoms with van der Waals surface area (Å²) in [6.07, 6.45) is 1.55. The number of carbonyl (C=O) groups is 1. The Hall–Kier alpha value is -1.83. The fourth-order valence-corrected chi connectivity index (χ4v) is 1.43. The number of rotatable bonds is 3. The standard InChI is InChI=1S/C11H16N4O/c1-8(2)15(6-5-12)11(16)10-7-13-14(4)9(10)3/h7-8H,6H2,1-4H3. The van der Waals surface area contributed by atoms with Crippen LogP contribution in [0.5, 0.6) is 0 Å². The molecule has 1 rings (SSSR count). The third-order valence-corrected chi connectivity index (χ3v) is 2.59. The van der Waals surface area contributed by atoms with Gasteiger partial charge in [-0.3, -0.25) is 9.48 Å². The second-order valence-corrected chi connectivity index (χ2v) is 3.95. The Bertz CT molecular complexity index is 428. The van der Waals surface area contributed by atoms with Crippen LogP contribution in [0.3, 0.4) is 0 Å². The molecule has 1 heterocycles. The van der Waals surface area contributed by atoms with Gasteiger partial charge in [-0.2, -0.15) is 10.4 Å². The molecule has 0 aliphatic carbocycles. The predicted molar refractivity (Wildman–Crippen MR) is 59.7 cm³/mol. The second kappa shape index (κ2) is 4.79. The number of carbonyl (C=O) groups excluding carboxylic acids is 1. The molecule has 0 N–H and O–H groups in total. The molecule has 16 heavy (non-hydrogen) atoms. The topological polar surface area (TPSA) is 61.9 Å². The SMILES string of the molecule is Cc1c(C(=O)N(CC#N)C(C)C)cnn1C. The molecule has 0 bridgehead atoms. The highest BCUT2D eigenvalue weighted by atomic mass is 16.2. The van der Waals surface area contributed by atoms with Crippen LogP contribution >= 0.6 is 0 Å². The first kappa shape index (κ1) is 12.2. The van der Waals surface area contributed by atoms with Crippen molar-refractivity contribution in [2.75, 3.05) is 6.54 Å². The van der Waals surface area contributed by atoms with Gasteiger partial charge in [-0.15, -0.1) is 0 Å². The van der Waals surface area contributed by atoms with Crippen LogP contribution in [0.1, 0.15) is 29.9 Å². The molecule has 0 aliphatic rings. The van der Waals surface area contributed by atoms with Gasteiger partial charge in [-0.1, -0.05) is 0 Å². The molecule has 0 spiro atoms. The second-order valence-electron chi connectivity index (χ2n) is 3.95. The fraction of sp³-hybridized carbons (Fsp3) is 0.545. The van der Waals surface area contributed by atoms with Crippen LogP contribution in [0, 0.1) is 18.3 Å². The first-order chi connectivity index (χ1) is 7.49. The molecule has 0 aliphatic heterocycles. The molecule has 5 heteroatoms. The maximum atomic E-state index is 12.1. The van der Waals surface area contributed by atoms with E-state index in [1.807, 2.05) is 26.8 Å². The Balaban J connectivity index is 3.00. The number of aryl methyl sites for hydroxylation is 1. The van der Waals surface area contributed by atoms with Gasteiger partial charge in [0, 0.05) is 18.8 Å². The monoisotopic (exact) mass is 220 g/mol. The van der Waals surface area contributed by atoms with E-state index in [0.29, 0.717) is 5.56 Å². The summed E-state index contributed by atoms with van der Waals surface area (Å²) >= 11 is 0. The number of hydrogen-bond acceptors (Lipinski definition) is 3. The molecule has 5 nitrogen and oxygen atoms in total. The summed E-state index contributed by atoms with van der Waals surface area (Å²) in [6.45, 7) is 5.72. The number of hydrogen-bond donors (Lipinski definition) is 0. The zero-order chi connectivity index (χ0) is 12.3. The molecule has 0 atom stereocenters. The van der Waals surface area contributed by atoms with E-state index in [4.69, 9.17) is 5.26 Å². The first-order valence-corrected chi connectivity index (χ1v) is 5.15. The van der Waals surface area contributed by atoms with E-state index < -0.39 is 0 Å². The average Bonchev–Trinajstić information content (AvgIpc) is 2.55. The van der Waals surface area contributed by atoms with Crippen molar-refractivity contribution in [3.8, 4) is 6.07 Å². The summed E-state index contributed by atoms with van der Waals surface area (Å²) in [6, 6.07) is 2.01. The van der Waals surface area contributed by atoms with E-state index >= 15 is 0 Å². The van der Waals surface area contributed by atoms with Gasteiger partial charge in [-0.25, -0.2) is 0 Å². The van der Waals surface area contributed by atoms with Crippen molar-refractivity contribution >= 4 is 5.91 Å². The Morgan fingerprint density at radius 1 is 1.69 bits per heavy atom. The summed E-state index contributed by atoms with van der Waals surface area (Å²) in [5, 5.41) is 12.7. The summed E-state index contributed by atoms with van der Waals surface area (Å²) in [4.78, 5) is 13.7. The van der Waals surface area contributed by atoms with E-state index in [0.717, 1.165) is 5.69 Å². The van der Waals surface area contributed by atoms with Gasteiger partial charge in [0.2, 0.25) is 0 Å². The van der Waals surface area contributed by atoms with Gasteiger partial charge in [0.05, 0.1) is 17.8 Å². The number of aromatic nitrogens is 2. The van der Waals surface area contributed by atoms with Crippen LogP contribution in [0.15, 0.2) is 6.20 Å². The van der Waals surface area contributed by atoms with Crippen LogP contribution < -0.4 is 0 Å². The molecule has 1 aromatic rings. The minimum absolute atomic E-state index is 0.00626. The lowest BCUT2D eigenvalue weighted by Crippen LogP contribution is -2.37. The number of nitrogens with zero attached hydrogens (tertiary/aromatic N) is 4. The van der Waals surface area contributed by atoms with E-state index in [-0.39, 0.29) is 18.5 Å². The summed E-state index contributed by atoms with van der Waals surface area (Å²) in [5.74, 6) is -0.137. The minimum Gasteiger partial charge on any atom is -0.323 e. The molecule has 1 amide bonds. The van der Waals surface area contributed by atoms with Crippen LogP contribution in [0.25, 0.3) is 0 Å². The van der Waals surface area contributed by atoms with Gasteiger partial charge in [0.15, 0.2) is 0 Å². The largest absolute Gasteiger partial charge is 0.323 e. The highest BCUT2D eigenvalue weighted by Gasteiger charge is 2.21. The van der Waals surface area contributed by atoms with Crippen LogP contribution in [-0.4, -0.2) is 33.2 Å². The highest BCUT2D eigenvalue weighted by molar-refractivity contribution is 5.95. The number of amides is 1. The molecular weight excluding hydrogens is 204 g/mol. The maximum absolute atomic E-state index is 12.1. The molecule has 0 unspecified atom stereocenters. The van der Waals surface area contributed by atoms with E-state index in [1.165, 1.54) is 4.90 Å². The quantitative estimate of drug-likeness (QED) is 0.717. The van der Waals surface area contributed by atoms with E-state index in [9.17, 15) is 4.79 Å². The van der Waals surface area contributed by atoms with Crippen molar-refractivity contribution in [3.05, 3.63) is 17.5 Å². The minimum atomic E-state index is -0.137. The van der Waals surface area contributed by atoms with Gasteiger partial charge in [0.1, 0.15) is 6.54 Å².